The van der Waals surface area contributed by atoms with E-state index in [1.807, 2.05) is 34.9 Å². The Hall–Kier alpha value is -2.69. The van der Waals surface area contributed by atoms with E-state index in [1.54, 1.807) is 31.5 Å². The molecular formula is C22H25N5O3S2. The number of carbonyl (C=O) groups excluding carboxylic acids is 1. The third kappa shape index (κ3) is 5.03. The molecule has 0 aliphatic carbocycles. The number of para-hydroxylation sites is 1. The smallest absolute Gasteiger partial charge is 0.243 e. The second-order valence-electron chi connectivity index (χ2n) is 7.56. The molecule has 1 fully saturated rings. The fraction of sp³-hybridized carbons (Fsp3) is 0.318. The lowest BCUT2D eigenvalue weighted by Crippen LogP contribution is -2.35. The van der Waals surface area contributed by atoms with Crippen LogP contribution in [0.1, 0.15) is 26.2 Å². The predicted octanol–water partition coefficient (Wildman–Crippen LogP) is 3.56. The van der Waals surface area contributed by atoms with E-state index in [2.05, 4.69) is 15.5 Å². The van der Waals surface area contributed by atoms with E-state index >= 15 is 0 Å². The standard InChI is InChI=1S/C22H25N5O3S2/c1-17(31-22-25-23-16-27(22)19-10-4-2-5-11-19)21(28)24-18-9-8-12-20(15-18)32(29,30)26-13-6-3-7-14-26/h2,4-5,8-12,15-17H,3,6-7,13-14H2,1H3,(H,24,28). The van der Waals surface area contributed by atoms with E-state index in [0.29, 0.717) is 23.9 Å². The van der Waals surface area contributed by atoms with Crippen molar-refractivity contribution in [3.05, 3.63) is 60.9 Å². The van der Waals surface area contributed by atoms with E-state index in [1.165, 1.54) is 22.1 Å². The van der Waals surface area contributed by atoms with Gasteiger partial charge in [0.2, 0.25) is 15.9 Å². The molecule has 8 nitrogen and oxygen atoms in total. The molecule has 3 aromatic rings. The van der Waals surface area contributed by atoms with Gasteiger partial charge in [-0.05, 0) is 50.1 Å². The summed E-state index contributed by atoms with van der Waals surface area (Å²) < 4.78 is 29.2. The zero-order chi connectivity index (χ0) is 22.6. The lowest BCUT2D eigenvalue weighted by Gasteiger charge is -2.26. The van der Waals surface area contributed by atoms with Crippen LogP contribution in [0.4, 0.5) is 5.69 Å². The molecule has 2 heterocycles. The second-order valence-corrected chi connectivity index (χ2v) is 10.8. The van der Waals surface area contributed by atoms with Gasteiger partial charge in [-0.2, -0.15) is 4.31 Å². The Morgan fingerprint density at radius 2 is 1.81 bits per heavy atom. The number of aromatic nitrogens is 3. The molecule has 4 rings (SSSR count). The van der Waals surface area contributed by atoms with Crippen molar-refractivity contribution in [2.75, 3.05) is 18.4 Å². The molecule has 1 N–H and O–H groups in total. The fourth-order valence-corrected chi connectivity index (χ4v) is 5.92. The maximum absolute atomic E-state index is 12.9. The summed E-state index contributed by atoms with van der Waals surface area (Å²) in [5.41, 5.74) is 1.35. The molecule has 0 radical (unpaired) electrons. The Morgan fingerprint density at radius 3 is 2.56 bits per heavy atom. The second kappa shape index (κ2) is 9.85. The number of carbonyl (C=O) groups is 1. The highest BCUT2D eigenvalue weighted by molar-refractivity contribution is 8.00. The molecule has 32 heavy (non-hydrogen) atoms. The summed E-state index contributed by atoms with van der Waals surface area (Å²) in [4.78, 5) is 13.0. The highest BCUT2D eigenvalue weighted by Gasteiger charge is 2.26. The first kappa shape index (κ1) is 22.5. The maximum atomic E-state index is 12.9. The normalized spacial score (nSPS) is 15.9. The molecule has 0 spiro atoms. The van der Waals surface area contributed by atoms with E-state index in [0.717, 1.165) is 24.9 Å². The average molecular weight is 472 g/mol. The zero-order valence-electron chi connectivity index (χ0n) is 17.7. The number of nitrogens with zero attached hydrogens (tertiary/aromatic N) is 4. The quantitative estimate of drug-likeness (QED) is 0.529. The van der Waals surface area contributed by atoms with E-state index < -0.39 is 15.3 Å². The lowest BCUT2D eigenvalue weighted by molar-refractivity contribution is -0.115. The molecule has 0 bridgehead atoms. The minimum atomic E-state index is -3.56. The summed E-state index contributed by atoms with van der Waals surface area (Å²) >= 11 is 1.28. The van der Waals surface area contributed by atoms with E-state index in [4.69, 9.17) is 0 Å². The molecule has 1 saturated heterocycles. The van der Waals surface area contributed by atoms with Crippen LogP contribution in [0.15, 0.2) is 71.0 Å². The fourth-order valence-electron chi connectivity index (χ4n) is 3.51. The molecule has 1 aromatic heterocycles. The van der Waals surface area contributed by atoms with Crippen LogP contribution in [-0.2, 0) is 14.8 Å². The highest BCUT2D eigenvalue weighted by atomic mass is 32.2. The topological polar surface area (TPSA) is 97.2 Å². The van der Waals surface area contributed by atoms with Gasteiger partial charge in [0.25, 0.3) is 0 Å². The summed E-state index contributed by atoms with van der Waals surface area (Å²) in [6, 6.07) is 16.1. The van der Waals surface area contributed by atoms with Gasteiger partial charge in [-0.15, -0.1) is 10.2 Å². The Morgan fingerprint density at radius 1 is 1.06 bits per heavy atom. The third-order valence-corrected chi connectivity index (χ3v) is 8.21. The molecule has 168 valence electrons. The molecule has 10 heteroatoms. The van der Waals surface area contributed by atoms with Crippen molar-refractivity contribution in [1.29, 1.82) is 0 Å². The molecule has 0 saturated carbocycles. The predicted molar refractivity (Wildman–Crippen MR) is 124 cm³/mol. The first-order chi connectivity index (χ1) is 15.4. The number of thioether (sulfide) groups is 1. The number of hydrogen-bond acceptors (Lipinski definition) is 6. The minimum absolute atomic E-state index is 0.196. The van der Waals surface area contributed by atoms with Crippen molar-refractivity contribution in [3.8, 4) is 5.69 Å². The number of amides is 1. The molecule has 1 aliphatic rings. The Bertz CT molecular complexity index is 1180. The van der Waals surface area contributed by atoms with Gasteiger partial charge in [-0.25, -0.2) is 8.42 Å². The molecule has 1 aliphatic heterocycles. The van der Waals surface area contributed by atoms with Gasteiger partial charge in [-0.1, -0.05) is 42.4 Å². The van der Waals surface area contributed by atoms with Gasteiger partial charge >= 0.3 is 0 Å². The molecule has 1 amide bonds. The van der Waals surface area contributed by atoms with Crippen LogP contribution in [0.25, 0.3) is 5.69 Å². The maximum Gasteiger partial charge on any atom is 0.243 e. The molecule has 1 atom stereocenters. The number of anilines is 1. The van der Waals surface area contributed by atoms with Crippen molar-refractivity contribution < 1.29 is 13.2 Å². The van der Waals surface area contributed by atoms with Crippen LogP contribution in [0.2, 0.25) is 0 Å². The van der Waals surface area contributed by atoms with Crippen LogP contribution >= 0.6 is 11.8 Å². The number of rotatable bonds is 7. The summed E-state index contributed by atoms with van der Waals surface area (Å²) in [6.45, 7) is 2.85. The highest BCUT2D eigenvalue weighted by Crippen LogP contribution is 2.26. The van der Waals surface area contributed by atoms with E-state index in [9.17, 15) is 13.2 Å². The van der Waals surface area contributed by atoms with Crippen molar-refractivity contribution in [1.82, 2.24) is 19.1 Å². The molecule has 1 unspecified atom stereocenters. The zero-order valence-corrected chi connectivity index (χ0v) is 19.3. The number of piperidine rings is 1. The Kier molecular flexibility index (Phi) is 6.92. The van der Waals surface area contributed by atoms with Crippen molar-refractivity contribution in [2.24, 2.45) is 0 Å². The third-order valence-electron chi connectivity index (χ3n) is 5.26. The van der Waals surface area contributed by atoms with Gasteiger partial charge < -0.3 is 5.32 Å². The largest absolute Gasteiger partial charge is 0.325 e. The molecular weight excluding hydrogens is 446 g/mol. The van der Waals surface area contributed by atoms with Crippen LogP contribution in [0, 0.1) is 0 Å². The van der Waals surface area contributed by atoms with Crippen molar-refractivity contribution >= 4 is 33.4 Å². The van der Waals surface area contributed by atoms with Crippen molar-refractivity contribution in [3.63, 3.8) is 0 Å². The van der Waals surface area contributed by atoms with Gasteiger partial charge in [0.1, 0.15) is 6.33 Å². The monoisotopic (exact) mass is 471 g/mol. The Balaban J connectivity index is 1.45. The first-order valence-electron chi connectivity index (χ1n) is 10.5. The molecule has 2 aromatic carbocycles. The van der Waals surface area contributed by atoms with Gasteiger partial charge in [-0.3, -0.25) is 9.36 Å². The number of benzene rings is 2. The number of hydrogen-bond donors (Lipinski definition) is 1. The average Bonchev–Trinajstić information content (AvgIpc) is 3.28. The lowest BCUT2D eigenvalue weighted by atomic mass is 10.2. The SMILES string of the molecule is CC(Sc1nncn1-c1ccccc1)C(=O)Nc1cccc(S(=O)(=O)N2CCCCC2)c1. The van der Waals surface area contributed by atoms with Gasteiger partial charge in [0, 0.05) is 24.5 Å². The van der Waals surface area contributed by atoms with Crippen LogP contribution in [-0.4, -0.2) is 51.7 Å². The minimum Gasteiger partial charge on any atom is -0.325 e. The summed E-state index contributed by atoms with van der Waals surface area (Å²) in [7, 11) is -3.56. The number of sulfonamides is 1. The van der Waals surface area contributed by atoms with Crippen LogP contribution in [0.5, 0.6) is 0 Å². The van der Waals surface area contributed by atoms with E-state index in [-0.39, 0.29) is 10.8 Å². The van der Waals surface area contributed by atoms with Crippen LogP contribution < -0.4 is 5.32 Å². The number of nitrogens with one attached hydrogen (secondary N) is 1. The Labute approximate surface area is 192 Å². The van der Waals surface area contributed by atoms with Gasteiger partial charge in [0.15, 0.2) is 5.16 Å². The summed E-state index contributed by atoms with van der Waals surface area (Å²) in [6.07, 6.45) is 4.41. The van der Waals surface area contributed by atoms with Gasteiger partial charge in [0.05, 0.1) is 10.1 Å². The van der Waals surface area contributed by atoms with Crippen molar-refractivity contribution in [2.45, 2.75) is 41.5 Å². The van der Waals surface area contributed by atoms with Crippen LogP contribution in [0.3, 0.4) is 0 Å². The summed E-state index contributed by atoms with van der Waals surface area (Å²) in [5.74, 6) is -0.245. The first-order valence-corrected chi connectivity index (χ1v) is 12.8. The summed E-state index contributed by atoms with van der Waals surface area (Å²) in [5, 5.41) is 11.1.